The fraction of sp³-hybridized carbons (Fsp3) is 0.913. The highest BCUT2D eigenvalue weighted by Crippen LogP contribution is 2.77. The molecule has 308 valence electrons. The third kappa shape index (κ3) is 7.40. The van der Waals surface area contributed by atoms with Crippen LogP contribution in [0.5, 0.6) is 0 Å². The van der Waals surface area contributed by atoms with Crippen molar-refractivity contribution in [2.45, 2.75) is 185 Å². The number of rotatable bonds is 14. The van der Waals surface area contributed by atoms with E-state index >= 15 is 0 Å². The minimum absolute atomic E-state index is 0.0171. The van der Waals surface area contributed by atoms with E-state index in [0.717, 1.165) is 38.5 Å². The van der Waals surface area contributed by atoms with Gasteiger partial charge in [-0.15, -0.1) is 0 Å². The number of ether oxygens (including phenoxy) is 2. The molecule has 5 aliphatic carbocycles. The van der Waals surface area contributed by atoms with Gasteiger partial charge in [0.15, 0.2) is 0 Å². The number of carboxylic acid groups (broad SMARTS) is 2. The lowest BCUT2D eigenvalue weighted by Gasteiger charge is -2.73. The van der Waals surface area contributed by atoms with Gasteiger partial charge in [0.1, 0.15) is 6.10 Å². The van der Waals surface area contributed by atoms with Crippen molar-refractivity contribution in [1.29, 1.82) is 0 Å². The van der Waals surface area contributed by atoms with Gasteiger partial charge in [-0.1, -0.05) is 76.2 Å². The Balaban J connectivity index is 1.35. The van der Waals surface area contributed by atoms with E-state index in [0.29, 0.717) is 55.0 Å². The first-order valence-electron chi connectivity index (χ1n) is 21.7. The first kappa shape index (κ1) is 43.0. The molecule has 5 fully saturated rings. The molecule has 8 heteroatoms. The number of carbonyl (C=O) groups is 4. The molecule has 0 aliphatic heterocycles. The number of fused-ring (bicyclic) bond motifs is 7. The Morgan fingerprint density at radius 1 is 0.685 bits per heavy atom. The largest absolute Gasteiger partial charge is 0.481 e. The van der Waals surface area contributed by atoms with Crippen LogP contribution in [0.15, 0.2) is 0 Å². The molecule has 0 bridgehead atoms. The van der Waals surface area contributed by atoms with E-state index in [2.05, 4.69) is 48.5 Å². The molecular weight excluding hydrogens is 680 g/mol. The third-order valence-corrected chi connectivity index (χ3v) is 18.3. The molecule has 0 amide bonds. The fourth-order valence-corrected chi connectivity index (χ4v) is 14.5. The van der Waals surface area contributed by atoms with Gasteiger partial charge in [-0.05, 0) is 140 Å². The van der Waals surface area contributed by atoms with Gasteiger partial charge in [-0.3, -0.25) is 19.2 Å². The molecule has 12 atom stereocenters. The molecule has 0 heterocycles. The summed E-state index contributed by atoms with van der Waals surface area (Å²) in [6.07, 6.45) is 12.3. The van der Waals surface area contributed by atoms with Crippen LogP contribution in [-0.2, 0) is 28.7 Å². The molecule has 5 saturated carbocycles. The standard InChI is InChI=1S/C46H76O8/c1-12-41(7,24-35(47)48)26-37(51)53-28-46-21-16-30(29(3)4)39(46)31-14-15-33-43(9)19-18-34(54-38(52)27-42(8,13-2)25-36(49)50)40(5,6)32(43)17-20-45(33,11)44(31,10)22-23-46/h29-34,39H,12-28H2,1-11H3,(H,47,48)(H,49,50)/t30-,31?,32?,33?,34-,39?,41?,42?,43-,44+,45+,46+/m0/s1. The van der Waals surface area contributed by atoms with Crippen molar-refractivity contribution in [1.82, 2.24) is 0 Å². The SMILES string of the molecule is CCC(C)(CC(=O)O)CC(=O)OC[C@]12CC[C@@H](C(C)C)C1C1CCC3[C@@]4(C)CC[C@H](OC(=O)CC(C)(CC)CC(=O)O)C(C)(C)C4CC[C@@]3(C)[C@]1(C)CC2. The average molecular weight is 757 g/mol. The van der Waals surface area contributed by atoms with Crippen molar-refractivity contribution in [2.75, 3.05) is 6.61 Å². The quantitative estimate of drug-likeness (QED) is 0.168. The Morgan fingerprint density at radius 2 is 1.28 bits per heavy atom. The molecule has 6 unspecified atom stereocenters. The summed E-state index contributed by atoms with van der Waals surface area (Å²) in [5.41, 5.74) is -0.934. The number of carboxylic acids is 2. The summed E-state index contributed by atoms with van der Waals surface area (Å²) in [4.78, 5) is 49.9. The molecular formula is C46H76O8. The minimum atomic E-state index is -0.876. The second-order valence-corrected chi connectivity index (χ2v) is 21.8. The Morgan fingerprint density at radius 3 is 1.83 bits per heavy atom. The normalized spacial score (nSPS) is 40.5. The summed E-state index contributed by atoms with van der Waals surface area (Å²) in [6.45, 7) is 25.4. The van der Waals surface area contributed by atoms with E-state index in [1.165, 1.54) is 25.7 Å². The Labute approximate surface area is 327 Å². The molecule has 0 radical (unpaired) electrons. The van der Waals surface area contributed by atoms with Crippen LogP contribution in [0.4, 0.5) is 0 Å². The first-order valence-corrected chi connectivity index (χ1v) is 21.7. The molecule has 5 aliphatic rings. The summed E-state index contributed by atoms with van der Waals surface area (Å²) >= 11 is 0. The summed E-state index contributed by atoms with van der Waals surface area (Å²) in [5, 5.41) is 19.0. The highest BCUT2D eigenvalue weighted by atomic mass is 16.5. The predicted octanol–water partition coefficient (Wildman–Crippen LogP) is 10.7. The van der Waals surface area contributed by atoms with E-state index in [1.54, 1.807) is 0 Å². The zero-order valence-corrected chi connectivity index (χ0v) is 35.9. The van der Waals surface area contributed by atoms with Gasteiger partial charge in [0, 0.05) is 10.8 Å². The maximum Gasteiger partial charge on any atom is 0.306 e. The Kier molecular flexibility index (Phi) is 11.9. The van der Waals surface area contributed by atoms with Crippen molar-refractivity contribution >= 4 is 23.9 Å². The molecule has 2 N–H and O–H groups in total. The maximum atomic E-state index is 13.4. The summed E-state index contributed by atoms with van der Waals surface area (Å²) < 4.78 is 12.6. The summed E-state index contributed by atoms with van der Waals surface area (Å²) in [7, 11) is 0. The smallest absolute Gasteiger partial charge is 0.306 e. The lowest BCUT2D eigenvalue weighted by atomic mass is 9.32. The highest BCUT2D eigenvalue weighted by Gasteiger charge is 2.71. The van der Waals surface area contributed by atoms with Crippen LogP contribution in [0.2, 0.25) is 0 Å². The van der Waals surface area contributed by atoms with Crippen LogP contribution in [0, 0.1) is 73.4 Å². The van der Waals surface area contributed by atoms with Gasteiger partial charge in [0.25, 0.3) is 0 Å². The van der Waals surface area contributed by atoms with Gasteiger partial charge in [0.2, 0.25) is 0 Å². The van der Waals surface area contributed by atoms with E-state index in [9.17, 15) is 29.4 Å². The molecule has 0 aromatic rings. The minimum Gasteiger partial charge on any atom is -0.481 e. The molecule has 0 aromatic heterocycles. The molecule has 5 rings (SSSR count). The van der Waals surface area contributed by atoms with Crippen LogP contribution in [0.25, 0.3) is 0 Å². The number of aliphatic carboxylic acids is 2. The Bertz CT molecular complexity index is 1440. The van der Waals surface area contributed by atoms with Crippen LogP contribution in [0.1, 0.15) is 179 Å². The van der Waals surface area contributed by atoms with Crippen molar-refractivity contribution in [3.8, 4) is 0 Å². The van der Waals surface area contributed by atoms with Gasteiger partial charge < -0.3 is 19.7 Å². The van der Waals surface area contributed by atoms with Crippen molar-refractivity contribution in [3.63, 3.8) is 0 Å². The van der Waals surface area contributed by atoms with Crippen molar-refractivity contribution < 1.29 is 38.9 Å². The lowest BCUT2D eigenvalue weighted by Crippen LogP contribution is -2.67. The monoisotopic (exact) mass is 757 g/mol. The second-order valence-electron chi connectivity index (χ2n) is 21.8. The molecule has 0 aromatic carbocycles. The van der Waals surface area contributed by atoms with Gasteiger partial charge >= 0.3 is 23.9 Å². The highest BCUT2D eigenvalue weighted by molar-refractivity contribution is 5.74. The average Bonchev–Trinajstić information content (AvgIpc) is 3.45. The number of esters is 2. The van der Waals surface area contributed by atoms with E-state index in [-0.39, 0.29) is 70.8 Å². The van der Waals surface area contributed by atoms with Gasteiger partial charge in [-0.25, -0.2) is 0 Å². The lowest BCUT2D eigenvalue weighted by molar-refractivity contribution is -0.254. The van der Waals surface area contributed by atoms with Crippen molar-refractivity contribution in [3.05, 3.63) is 0 Å². The second kappa shape index (κ2) is 15.0. The zero-order chi connectivity index (χ0) is 40.3. The third-order valence-electron chi connectivity index (χ3n) is 18.3. The van der Waals surface area contributed by atoms with E-state index < -0.39 is 22.8 Å². The Hall–Kier alpha value is -2.12. The molecule has 0 saturated heterocycles. The number of carbonyl (C=O) groups excluding carboxylic acids is 2. The number of hydrogen-bond donors (Lipinski definition) is 2. The first-order chi connectivity index (χ1) is 24.9. The molecule has 8 nitrogen and oxygen atoms in total. The topological polar surface area (TPSA) is 127 Å². The maximum absolute atomic E-state index is 13.4. The van der Waals surface area contributed by atoms with Crippen LogP contribution < -0.4 is 0 Å². The van der Waals surface area contributed by atoms with Crippen LogP contribution in [-0.4, -0.2) is 46.8 Å². The van der Waals surface area contributed by atoms with Crippen LogP contribution in [0.3, 0.4) is 0 Å². The van der Waals surface area contributed by atoms with Crippen LogP contribution >= 0.6 is 0 Å². The summed E-state index contributed by atoms with van der Waals surface area (Å²) in [6, 6.07) is 0. The van der Waals surface area contributed by atoms with Crippen molar-refractivity contribution in [2.24, 2.45) is 73.4 Å². The van der Waals surface area contributed by atoms with E-state index in [4.69, 9.17) is 9.47 Å². The zero-order valence-electron chi connectivity index (χ0n) is 35.9. The number of hydrogen-bond acceptors (Lipinski definition) is 6. The fourth-order valence-electron chi connectivity index (χ4n) is 14.5. The van der Waals surface area contributed by atoms with Gasteiger partial charge in [-0.2, -0.15) is 0 Å². The predicted molar refractivity (Wildman–Crippen MR) is 210 cm³/mol. The molecule has 54 heavy (non-hydrogen) atoms. The summed E-state index contributed by atoms with van der Waals surface area (Å²) in [5.74, 6) is 0.979. The molecule has 0 spiro atoms. The van der Waals surface area contributed by atoms with Gasteiger partial charge in [0.05, 0.1) is 32.3 Å². The van der Waals surface area contributed by atoms with E-state index in [1.807, 2.05) is 27.7 Å².